The molecule has 0 unspecified atom stereocenters. The Morgan fingerprint density at radius 2 is 1.78 bits per heavy atom. The average Bonchev–Trinajstić information content (AvgIpc) is 3.20. The molecule has 10 heteroatoms. The van der Waals surface area contributed by atoms with Gasteiger partial charge in [-0.25, -0.2) is 17.2 Å². The van der Waals surface area contributed by atoms with Crippen molar-refractivity contribution in [1.29, 1.82) is 0 Å². The summed E-state index contributed by atoms with van der Waals surface area (Å²) >= 11 is 7.40. The lowest BCUT2D eigenvalue weighted by atomic mass is 10.2. The van der Waals surface area contributed by atoms with Gasteiger partial charge in [0.05, 0.1) is 25.4 Å². The van der Waals surface area contributed by atoms with E-state index in [4.69, 9.17) is 16.3 Å². The second-order valence-corrected chi connectivity index (χ2v) is 10.6. The molecule has 0 amide bonds. The van der Waals surface area contributed by atoms with Gasteiger partial charge in [0.1, 0.15) is 16.5 Å². The molecule has 0 aliphatic carbocycles. The lowest BCUT2D eigenvalue weighted by Gasteiger charge is -2.26. The maximum atomic E-state index is 14.4. The fourth-order valence-corrected chi connectivity index (χ4v) is 6.04. The van der Waals surface area contributed by atoms with Crippen LogP contribution in [0.15, 0.2) is 58.8 Å². The molecule has 2 heterocycles. The zero-order valence-electron chi connectivity index (χ0n) is 17.0. The zero-order chi connectivity index (χ0) is 22.7. The van der Waals surface area contributed by atoms with Crippen LogP contribution in [0.2, 0.25) is 5.02 Å². The molecule has 1 aromatic heterocycles. The van der Waals surface area contributed by atoms with Crippen molar-refractivity contribution >= 4 is 38.6 Å². The summed E-state index contributed by atoms with van der Waals surface area (Å²) in [5.74, 6) is -1.98. The fourth-order valence-electron chi connectivity index (χ4n) is 3.48. The number of hydrogen-bond acceptors (Lipinski definition) is 5. The monoisotopic (exact) mass is 498 g/mol. The normalized spacial score (nSPS) is 15.1. The van der Waals surface area contributed by atoms with Crippen LogP contribution >= 0.6 is 22.9 Å². The van der Waals surface area contributed by atoms with Gasteiger partial charge in [0.15, 0.2) is 0 Å². The largest absolute Gasteiger partial charge is 0.379 e. The summed E-state index contributed by atoms with van der Waals surface area (Å²) in [6, 6.07) is 10.7. The molecule has 0 spiro atoms. The molecule has 0 radical (unpaired) electrons. The molecule has 32 heavy (non-hydrogen) atoms. The fraction of sp³-hybridized carbons (Fsp3) is 0.273. The van der Waals surface area contributed by atoms with Gasteiger partial charge in [0.25, 0.3) is 10.0 Å². The van der Waals surface area contributed by atoms with Gasteiger partial charge in [-0.3, -0.25) is 9.21 Å². The van der Waals surface area contributed by atoms with Gasteiger partial charge in [-0.2, -0.15) is 0 Å². The molecule has 3 aromatic rings. The van der Waals surface area contributed by atoms with Crippen molar-refractivity contribution in [1.82, 2.24) is 4.90 Å². The Morgan fingerprint density at radius 1 is 1.06 bits per heavy atom. The number of thiophene rings is 1. The van der Waals surface area contributed by atoms with E-state index in [1.165, 1.54) is 11.3 Å². The van der Waals surface area contributed by atoms with E-state index < -0.39 is 26.6 Å². The Labute approximate surface area is 194 Å². The second-order valence-electron chi connectivity index (χ2n) is 7.37. The summed E-state index contributed by atoms with van der Waals surface area (Å²) in [7, 11) is -4.30. The van der Waals surface area contributed by atoms with Crippen LogP contribution in [0.25, 0.3) is 0 Å². The van der Waals surface area contributed by atoms with Crippen LogP contribution in [0.1, 0.15) is 10.4 Å². The van der Waals surface area contributed by atoms with Gasteiger partial charge in [-0.15, -0.1) is 11.3 Å². The Bertz CT molecular complexity index is 1180. The summed E-state index contributed by atoms with van der Waals surface area (Å²) < 4.78 is 61.1. The Balaban J connectivity index is 1.64. The highest BCUT2D eigenvalue weighted by Gasteiger charge is 2.29. The SMILES string of the molecule is O=S(=O)(c1ccc(F)cc1F)N(Cc1cc(CN2CCOCC2)cs1)c1ccc(Cl)cc1. The van der Waals surface area contributed by atoms with Crippen LogP contribution in [0.5, 0.6) is 0 Å². The van der Waals surface area contributed by atoms with Crippen molar-refractivity contribution in [2.24, 2.45) is 0 Å². The highest BCUT2D eigenvalue weighted by Crippen LogP contribution is 2.30. The maximum absolute atomic E-state index is 14.4. The van der Waals surface area contributed by atoms with E-state index >= 15 is 0 Å². The lowest BCUT2D eigenvalue weighted by molar-refractivity contribution is 0.0342. The van der Waals surface area contributed by atoms with Gasteiger partial charge in [-0.1, -0.05) is 11.6 Å². The molecule has 0 atom stereocenters. The molecular weight excluding hydrogens is 478 g/mol. The molecule has 1 saturated heterocycles. The van der Waals surface area contributed by atoms with Crippen LogP contribution in [-0.2, 0) is 27.8 Å². The molecule has 0 saturated carbocycles. The van der Waals surface area contributed by atoms with Crippen LogP contribution in [0, 0.1) is 11.6 Å². The van der Waals surface area contributed by atoms with Gasteiger partial charge in [-0.05, 0) is 53.4 Å². The summed E-state index contributed by atoms with van der Waals surface area (Å²) in [5, 5.41) is 2.44. The third-order valence-corrected chi connectivity index (χ3v) is 8.12. The third-order valence-electron chi connectivity index (χ3n) is 5.09. The van der Waals surface area contributed by atoms with Crippen molar-refractivity contribution < 1.29 is 21.9 Å². The molecule has 2 aromatic carbocycles. The second kappa shape index (κ2) is 9.84. The molecule has 1 aliphatic rings. The summed E-state index contributed by atoms with van der Waals surface area (Å²) in [4.78, 5) is 2.49. The number of rotatable bonds is 7. The number of morpholine rings is 1. The van der Waals surface area contributed by atoms with Gasteiger partial charge < -0.3 is 4.74 Å². The van der Waals surface area contributed by atoms with Gasteiger partial charge in [0.2, 0.25) is 0 Å². The summed E-state index contributed by atoms with van der Waals surface area (Å²) in [5.41, 5.74) is 1.41. The number of anilines is 1. The Morgan fingerprint density at radius 3 is 2.47 bits per heavy atom. The molecule has 1 fully saturated rings. The molecule has 0 N–H and O–H groups in total. The van der Waals surface area contributed by atoms with E-state index in [2.05, 4.69) is 4.90 Å². The topological polar surface area (TPSA) is 49.9 Å². The van der Waals surface area contributed by atoms with Gasteiger partial charge >= 0.3 is 0 Å². The number of hydrogen-bond donors (Lipinski definition) is 0. The van der Waals surface area contributed by atoms with Crippen LogP contribution in [0.3, 0.4) is 0 Å². The third kappa shape index (κ3) is 5.29. The van der Waals surface area contributed by atoms with Crippen molar-refractivity contribution in [3.63, 3.8) is 0 Å². The van der Waals surface area contributed by atoms with E-state index in [1.807, 2.05) is 11.4 Å². The number of sulfonamides is 1. The van der Waals surface area contributed by atoms with E-state index in [-0.39, 0.29) is 6.54 Å². The minimum absolute atomic E-state index is 0.00849. The van der Waals surface area contributed by atoms with Crippen molar-refractivity contribution in [3.05, 3.63) is 81.0 Å². The lowest BCUT2D eigenvalue weighted by Crippen LogP contribution is -2.35. The predicted octanol–water partition coefficient (Wildman–Crippen LogP) is 4.91. The first-order chi connectivity index (χ1) is 15.3. The van der Waals surface area contributed by atoms with E-state index in [1.54, 1.807) is 24.3 Å². The maximum Gasteiger partial charge on any atom is 0.267 e. The standard InChI is InChI=1S/C22H21ClF2N2O3S2/c23-17-1-4-19(5-2-17)27(32(28,29)22-6-3-18(24)12-21(22)25)14-20-11-16(15-31-20)13-26-7-9-30-10-8-26/h1-6,11-12,15H,7-10,13-14H2. The Kier molecular flexibility index (Phi) is 7.11. The van der Waals surface area contributed by atoms with Crippen LogP contribution in [0.4, 0.5) is 14.5 Å². The van der Waals surface area contributed by atoms with Crippen molar-refractivity contribution in [3.8, 4) is 0 Å². The first-order valence-electron chi connectivity index (χ1n) is 9.93. The molecule has 0 bridgehead atoms. The average molecular weight is 499 g/mol. The highest BCUT2D eigenvalue weighted by atomic mass is 35.5. The van der Waals surface area contributed by atoms with E-state index in [0.29, 0.717) is 30.0 Å². The van der Waals surface area contributed by atoms with E-state index in [0.717, 1.165) is 46.5 Å². The number of halogens is 3. The van der Waals surface area contributed by atoms with Gasteiger partial charge in [0, 0.05) is 35.6 Å². The molecule has 5 nitrogen and oxygen atoms in total. The summed E-state index contributed by atoms with van der Waals surface area (Å²) in [6.45, 7) is 3.85. The molecule has 1 aliphatic heterocycles. The number of benzene rings is 2. The first kappa shape index (κ1) is 23.1. The quantitative estimate of drug-likeness (QED) is 0.464. The van der Waals surface area contributed by atoms with Crippen LogP contribution in [-0.4, -0.2) is 39.6 Å². The van der Waals surface area contributed by atoms with Crippen LogP contribution < -0.4 is 4.31 Å². The first-order valence-corrected chi connectivity index (χ1v) is 12.6. The van der Waals surface area contributed by atoms with Crippen molar-refractivity contribution in [2.45, 2.75) is 18.0 Å². The molecular formula is C22H21ClF2N2O3S2. The minimum Gasteiger partial charge on any atom is -0.379 e. The van der Waals surface area contributed by atoms with Crippen molar-refractivity contribution in [2.75, 3.05) is 30.6 Å². The predicted molar refractivity (Wildman–Crippen MR) is 122 cm³/mol. The smallest absolute Gasteiger partial charge is 0.267 e. The van der Waals surface area contributed by atoms with E-state index in [9.17, 15) is 17.2 Å². The minimum atomic E-state index is -4.30. The number of ether oxygens (including phenoxy) is 1. The molecule has 4 rings (SSSR count). The molecule has 170 valence electrons. The summed E-state index contributed by atoms with van der Waals surface area (Å²) in [6.07, 6.45) is 0. The number of nitrogens with zero attached hydrogens (tertiary/aromatic N) is 2. The zero-order valence-corrected chi connectivity index (χ0v) is 19.4. The highest BCUT2D eigenvalue weighted by molar-refractivity contribution is 7.92. The Hall–Kier alpha value is -2.04.